The lowest BCUT2D eigenvalue weighted by molar-refractivity contribution is -0.120. The molecule has 5 heteroatoms. The van der Waals surface area contributed by atoms with Gasteiger partial charge in [0.1, 0.15) is 5.75 Å². The summed E-state index contributed by atoms with van der Waals surface area (Å²) in [7, 11) is 0. The van der Waals surface area contributed by atoms with E-state index in [-0.39, 0.29) is 24.4 Å². The first-order chi connectivity index (χ1) is 9.02. The van der Waals surface area contributed by atoms with E-state index < -0.39 is 0 Å². The molecule has 20 heavy (non-hydrogen) atoms. The molecule has 0 heterocycles. The van der Waals surface area contributed by atoms with Gasteiger partial charge in [-0.05, 0) is 32.4 Å². The highest BCUT2D eigenvalue weighted by Gasteiger charge is 2.10. The highest BCUT2D eigenvalue weighted by molar-refractivity contribution is 5.85. The Hall–Kier alpha value is -1.26. The molecule has 0 spiro atoms. The summed E-state index contributed by atoms with van der Waals surface area (Å²) in [6, 6.07) is 7.64. The molecular weight excluding hydrogens is 276 g/mol. The number of amides is 1. The monoisotopic (exact) mass is 300 g/mol. The Bertz CT molecular complexity index is 411. The van der Waals surface area contributed by atoms with E-state index in [1.54, 1.807) is 0 Å². The lowest BCUT2D eigenvalue weighted by Gasteiger charge is -2.14. The van der Waals surface area contributed by atoms with Crippen molar-refractivity contribution in [2.75, 3.05) is 13.1 Å². The van der Waals surface area contributed by atoms with Crippen molar-refractivity contribution < 1.29 is 9.53 Å². The maximum absolute atomic E-state index is 11.9. The Labute approximate surface area is 127 Å². The predicted molar refractivity (Wildman–Crippen MR) is 84.4 cm³/mol. The molecule has 0 fully saturated rings. The largest absolute Gasteiger partial charge is 0.491 e. The van der Waals surface area contributed by atoms with Gasteiger partial charge in [-0.15, -0.1) is 12.4 Å². The maximum Gasteiger partial charge on any atom is 0.224 e. The molecule has 0 radical (unpaired) electrons. The topological polar surface area (TPSA) is 64.3 Å². The van der Waals surface area contributed by atoms with Crippen molar-refractivity contribution >= 4 is 18.3 Å². The number of hydrogen-bond acceptors (Lipinski definition) is 3. The molecule has 4 nitrogen and oxygen atoms in total. The van der Waals surface area contributed by atoms with Crippen LogP contribution in [0.4, 0.5) is 0 Å². The number of benzene rings is 1. The molecule has 3 N–H and O–H groups in total. The Morgan fingerprint density at radius 3 is 2.55 bits per heavy atom. The third-order valence-electron chi connectivity index (χ3n) is 2.74. The molecule has 0 aromatic heterocycles. The molecule has 0 bridgehead atoms. The van der Waals surface area contributed by atoms with Crippen LogP contribution in [0.3, 0.4) is 0 Å². The van der Waals surface area contributed by atoms with Crippen molar-refractivity contribution in [1.29, 1.82) is 0 Å². The molecule has 1 amide bonds. The van der Waals surface area contributed by atoms with Crippen molar-refractivity contribution in [2.24, 2.45) is 11.7 Å². The number of halogens is 1. The molecule has 1 unspecified atom stereocenters. The average Bonchev–Trinajstić information content (AvgIpc) is 2.37. The number of carbonyl (C=O) groups is 1. The molecule has 1 aromatic rings. The van der Waals surface area contributed by atoms with Gasteiger partial charge in [-0.2, -0.15) is 0 Å². The van der Waals surface area contributed by atoms with Crippen LogP contribution in [0.2, 0.25) is 0 Å². The Morgan fingerprint density at radius 2 is 1.95 bits per heavy atom. The summed E-state index contributed by atoms with van der Waals surface area (Å²) >= 11 is 0. The number of ether oxygens (including phenoxy) is 1. The van der Waals surface area contributed by atoms with E-state index in [1.807, 2.05) is 45.0 Å². The van der Waals surface area contributed by atoms with Crippen LogP contribution in [0.25, 0.3) is 0 Å². The van der Waals surface area contributed by atoms with Gasteiger partial charge in [0.25, 0.3) is 0 Å². The second-order valence-corrected chi connectivity index (χ2v) is 5.10. The molecule has 0 saturated heterocycles. The fraction of sp³-hybridized carbons (Fsp3) is 0.533. The van der Waals surface area contributed by atoms with Crippen molar-refractivity contribution in [3.63, 3.8) is 0 Å². The first-order valence-corrected chi connectivity index (χ1v) is 6.74. The van der Waals surface area contributed by atoms with Crippen LogP contribution in [-0.2, 0) is 11.2 Å². The van der Waals surface area contributed by atoms with E-state index in [9.17, 15) is 4.79 Å². The van der Waals surface area contributed by atoms with Crippen LogP contribution in [0.1, 0.15) is 26.3 Å². The first kappa shape index (κ1) is 18.7. The van der Waals surface area contributed by atoms with Crippen LogP contribution in [0.15, 0.2) is 24.3 Å². The molecule has 1 rings (SSSR count). The van der Waals surface area contributed by atoms with Gasteiger partial charge in [0.05, 0.1) is 12.5 Å². The molecule has 1 atom stereocenters. The van der Waals surface area contributed by atoms with Gasteiger partial charge >= 0.3 is 0 Å². The second-order valence-electron chi connectivity index (χ2n) is 5.10. The van der Waals surface area contributed by atoms with Crippen molar-refractivity contribution in [1.82, 2.24) is 5.32 Å². The zero-order valence-corrected chi connectivity index (χ0v) is 13.2. The fourth-order valence-electron chi connectivity index (χ4n) is 1.63. The highest BCUT2D eigenvalue weighted by atomic mass is 35.5. The summed E-state index contributed by atoms with van der Waals surface area (Å²) in [6.45, 7) is 7.14. The lowest BCUT2D eigenvalue weighted by atomic mass is 10.1. The molecule has 0 aliphatic carbocycles. The van der Waals surface area contributed by atoms with Gasteiger partial charge in [0, 0.05) is 12.1 Å². The minimum Gasteiger partial charge on any atom is -0.491 e. The summed E-state index contributed by atoms with van der Waals surface area (Å²) < 4.78 is 5.69. The first-order valence-electron chi connectivity index (χ1n) is 6.74. The molecule has 0 saturated carbocycles. The fourth-order valence-corrected chi connectivity index (χ4v) is 1.63. The molecule has 1 aromatic carbocycles. The number of rotatable bonds is 7. The average molecular weight is 301 g/mol. The Balaban J connectivity index is 0.00000361. The zero-order chi connectivity index (χ0) is 14.3. The van der Waals surface area contributed by atoms with E-state index in [1.165, 1.54) is 0 Å². The second kappa shape index (κ2) is 9.61. The van der Waals surface area contributed by atoms with Gasteiger partial charge in [0.2, 0.25) is 5.91 Å². The maximum atomic E-state index is 11.9. The number of nitrogens with one attached hydrogen (secondary N) is 1. The van der Waals surface area contributed by atoms with E-state index in [0.717, 1.165) is 11.3 Å². The third kappa shape index (κ3) is 6.78. The van der Waals surface area contributed by atoms with Crippen LogP contribution in [-0.4, -0.2) is 25.1 Å². The molecule has 0 aliphatic rings. The van der Waals surface area contributed by atoms with Gasteiger partial charge in [-0.3, -0.25) is 4.79 Å². The van der Waals surface area contributed by atoms with Gasteiger partial charge in [-0.1, -0.05) is 25.1 Å². The Morgan fingerprint density at radius 1 is 1.30 bits per heavy atom. The molecule has 0 aliphatic heterocycles. The number of para-hydroxylation sites is 1. The van der Waals surface area contributed by atoms with Crippen molar-refractivity contribution in [3.05, 3.63) is 29.8 Å². The summed E-state index contributed by atoms with van der Waals surface area (Å²) in [5.41, 5.74) is 6.43. The predicted octanol–water partition coefficient (Wildman–Crippen LogP) is 2.15. The van der Waals surface area contributed by atoms with E-state index in [2.05, 4.69) is 5.32 Å². The minimum absolute atomic E-state index is 0. The summed E-state index contributed by atoms with van der Waals surface area (Å²) in [5, 5.41) is 2.89. The van der Waals surface area contributed by atoms with Crippen molar-refractivity contribution in [3.8, 4) is 5.75 Å². The number of nitrogens with two attached hydrogens (primary N) is 1. The van der Waals surface area contributed by atoms with Gasteiger partial charge in [0.15, 0.2) is 0 Å². The van der Waals surface area contributed by atoms with Crippen LogP contribution >= 0.6 is 12.4 Å². The number of hydrogen-bond donors (Lipinski definition) is 2. The Kier molecular flexibility index (Phi) is 9.01. The molecular formula is C15H25ClN2O2. The zero-order valence-electron chi connectivity index (χ0n) is 12.4. The van der Waals surface area contributed by atoms with Gasteiger partial charge < -0.3 is 15.8 Å². The third-order valence-corrected chi connectivity index (χ3v) is 2.74. The van der Waals surface area contributed by atoms with Crippen molar-refractivity contribution in [2.45, 2.75) is 33.3 Å². The number of carbonyl (C=O) groups excluding carboxylic acids is 1. The van der Waals surface area contributed by atoms with E-state index in [0.29, 0.717) is 25.4 Å². The van der Waals surface area contributed by atoms with Crippen LogP contribution in [0, 0.1) is 5.92 Å². The molecule has 114 valence electrons. The SMILES string of the molecule is CC(CN)CNC(=O)Cc1ccccc1OC(C)C.Cl. The summed E-state index contributed by atoms with van der Waals surface area (Å²) in [4.78, 5) is 11.9. The van der Waals surface area contributed by atoms with Crippen LogP contribution < -0.4 is 15.8 Å². The highest BCUT2D eigenvalue weighted by Crippen LogP contribution is 2.19. The standard InChI is InChI=1S/C15H24N2O2.ClH/c1-11(2)19-14-7-5-4-6-13(14)8-15(18)17-10-12(3)9-16;/h4-7,11-12H,8-10,16H2,1-3H3,(H,17,18);1H. The normalized spacial score (nSPS) is 11.7. The van der Waals surface area contributed by atoms with E-state index >= 15 is 0 Å². The lowest BCUT2D eigenvalue weighted by Crippen LogP contribution is -2.32. The smallest absolute Gasteiger partial charge is 0.224 e. The quantitative estimate of drug-likeness (QED) is 0.811. The summed E-state index contributed by atoms with van der Waals surface area (Å²) in [6.07, 6.45) is 0.432. The summed E-state index contributed by atoms with van der Waals surface area (Å²) in [5.74, 6) is 1.07. The van der Waals surface area contributed by atoms with Gasteiger partial charge in [-0.25, -0.2) is 0 Å². The van der Waals surface area contributed by atoms with E-state index in [4.69, 9.17) is 10.5 Å². The minimum atomic E-state index is 0. The van der Waals surface area contributed by atoms with Crippen LogP contribution in [0.5, 0.6) is 5.75 Å².